The van der Waals surface area contributed by atoms with Crippen LogP contribution < -0.4 is 9.64 Å². The van der Waals surface area contributed by atoms with Crippen molar-refractivity contribution in [2.75, 3.05) is 44.4 Å². The second-order valence-electron chi connectivity index (χ2n) is 5.41. The monoisotopic (exact) mass is 424 g/mol. The number of carbonyl (C=O) groups is 3. The van der Waals surface area contributed by atoms with Crippen molar-refractivity contribution in [1.82, 2.24) is 0 Å². The summed E-state index contributed by atoms with van der Waals surface area (Å²) in [5.74, 6) is -1.43. The van der Waals surface area contributed by atoms with Crippen molar-refractivity contribution in [3.63, 3.8) is 0 Å². The minimum atomic E-state index is -0.565. The molecule has 0 radical (unpaired) electrons. The van der Waals surface area contributed by atoms with Gasteiger partial charge in [-0.05, 0) is 45.1 Å². The van der Waals surface area contributed by atoms with Gasteiger partial charge in [0.1, 0.15) is 18.8 Å². The van der Waals surface area contributed by atoms with E-state index >= 15 is 0 Å². The van der Waals surface area contributed by atoms with Crippen LogP contribution in [-0.4, -0.2) is 62.6 Å². The first-order valence-electron chi connectivity index (χ1n) is 9.01. The maximum Gasteiger partial charge on any atom is 0.344 e. The van der Waals surface area contributed by atoms with Gasteiger partial charge in [0.15, 0.2) is 6.61 Å². The molecule has 0 aromatic heterocycles. The molecule has 1 aromatic rings. The Balaban J connectivity index is 3.23. The number of rotatable bonds is 12. The molecule has 1 rings (SSSR count). The highest BCUT2D eigenvalue weighted by Crippen LogP contribution is 2.32. The van der Waals surface area contributed by atoms with E-state index in [0.717, 1.165) is 0 Å². The van der Waals surface area contributed by atoms with Gasteiger partial charge in [0.2, 0.25) is 0 Å². The van der Waals surface area contributed by atoms with Crippen LogP contribution in [0.2, 0.25) is 0 Å². The Hall–Kier alpha value is -2.97. The first-order valence-corrected chi connectivity index (χ1v) is 9.42. The Morgan fingerprint density at radius 3 is 2.03 bits per heavy atom. The molecule has 0 saturated carbocycles. The third-order valence-corrected chi connectivity index (χ3v) is 3.45. The van der Waals surface area contributed by atoms with Crippen LogP contribution in [0.1, 0.15) is 20.8 Å². The van der Waals surface area contributed by atoms with Gasteiger partial charge < -0.3 is 23.8 Å². The molecule has 0 amide bonds. The van der Waals surface area contributed by atoms with Crippen molar-refractivity contribution in [1.29, 1.82) is 0 Å². The maximum absolute atomic E-state index is 12.0. The smallest absolute Gasteiger partial charge is 0.344 e. The molecule has 29 heavy (non-hydrogen) atoms. The molecule has 0 saturated heterocycles. The number of anilines is 1. The minimum absolute atomic E-state index is 0.195. The first kappa shape index (κ1) is 24.1. The van der Waals surface area contributed by atoms with Crippen LogP contribution in [0.25, 0.3) is 0 Å². The average Bonchev–Trinajstić information content (AvgIpc) is 2.67. The van der Waals surface area contributed by atoms with E-state index in [1.807, 2.05) is 0 Å². The lowest BCUT2D eigenvalue weighted by molar-refractivity contribution is -0.146. The van der Waals surface area contributed by atoms with Crippen LogP contribution in [0, 0.1) is 0 Å². The van der Waals surface area contributed by atoms with E-state index in [2.05, 4.69) is 22.4 Å². The zero-order valence-corrected chi connectivity index (χ0v) is 17.5. The zero-order chi connectivity index (χ0) is 21.6. The SMILES string of the molecule is CCOC(=O)COc1cc(N=C=S)ccc1N(CC(=O)OCC)CC(=O)OCC. The third kappa shape index (κ3) is 8.71. The minimum Gasteiger partial charge on any atom is -0.480 e. The van der Waals surface area contributed by atoms with Crippen LogP contribution in [0.4, 0.5) is 11.4 Å². The van der Waals surface area contributed by atoms with Crippen molar-refractivity contribution in [2.45, 2.75) is 20.8 Å². The maximum atomic E-state index is 12.0. The van der Waals surface area contributed by atoms with Gasteiger partial charge in [-0.2, -0.15) is 4.99 Å². The number of hydrogen-bond acceptors (Lipinski definition) is 10. The molecule has 0 aliphatic carbocycles. The van der Waals surface area contributed by atoms with Gasteiger partial charge in [-0.15, -0.1) is 0 Å². The average molecular weight is 424 g/mol. The lowest BCUT2D eigenvalue weighted by Crippen LogP contribution is -2.36. The summed E-state index contributed by atoms with van der Waals surface area (Å²) in [5.41, 5.74) is 0.800. The summed E-state index contributed by atoms with van der Waals surface area (Å²) in [5, 5.41) is 2.24. The fraction of sp³-hybridized carbons (Fsp3) is 0.474. The number of nitrogens with zero attached hydrogens (tertiary/aromatic N) is 2. The summed E-state index contributed by atoms with van der Waals surface area (Å²) < 4.78 is 20.4. The number of thiocarbonyl (C=S) groups is 1. The van der Waals surface area contributed by atoms with Crippen molar-refractivity contribution >= 4 is 46.7 Å². The Bertz CT molecular complexity index is 743. The van der Waals surface area contributed by atoms with E-state index in [1.54, 1.807) is 32.9 Å². The van der Waals surface area contributed by atoms with Gasteiger partial charge in [-0.3, -0.25) is 9.59 Å². The molecule has 158 valence electrons. The van der Waals surface area contributed by atoms with Gasteiger partial charge in [-0.25, -0.2) is 4.79 Å². The molecule has 0 N–H and O–H groups in total. The second kappa shape index (κ2) is 13.2. The van der Waals surface area contributed by atoms with E-state index in [4.69, 9.17) is 18.9 Å². The van der Waals surface area contributed by atoms with Crippen molar-refractivity contribution in [3.05, 3.63) is 18.2 Å². The molecule has 1 aromatic carbocycles. The molecule has 0 aliphatic rings. The fourth-order valence-electron chi connectivity index (χ4n) is 2.29. The molecule has 0 heterocycles. The van der Waals surface area contributed by atoms with Gasteiger partial charge in [0.25, 0.3) is 0 Å². The summed E-state index contributed by atoms with van der Waals surface area (Å²) in [6.45, 7) is 4.83. The van der Waals surface area contributed by atoms with Gasteiger partial charge in [0, 0.05) is 6.07 Å². The van der Waals surface area contributed by atoms with Crippen LogP contribution >= 0.6 is 12.2 Å². The third-order valence-electron chi connectivity index (χ3n) is 3.36. The topological polar surface area (TPSA) is 104 Å². The summed E-state index contributed by atoms with van der Waals surface area (Å²) >= 11 is 4.61. The second-order valence-corrected chi connectivity index (χ2v) is 5.60. The molecule has 0 bridgehead atoms. The number of aliphatic imine (C=N–C) groups is 1. The van der Waals surface area contributed by atoms with E-state index in [1.165, 1.54) is 11.0 Å². The van der Waals surface area contributed by atoms with E-state index in [9.17, 15) is 14.4 Å². The molecule has 0 spiro atoms. The zero-order valence-electron chi connectivity index (χ0n) is 16.6. The van der Waals surface area contributed by atoms with E-state index < -0.39 is 17.9 Å². The van der Waals surface area contributed by atoms with Crippen LogP contribution in [0.5, 0.6) is 5.75 Å². The molecule has 9 nitrogen and oxygen atoms in total. The molecule has 0 atom stereocenters. The fourth-order valence-corrected chi connectivity index (χ4v) is 2.40. The molecule has 10 heteroatoms. The number of esters is 3. The van der Waals surface area contributed by atoms with Crippen LogP contribution in [-0.2, 0) is 28.6 Å². The predicted octanol–water partition coefficient (Wildman–Crippen LogP) is 2.30. The predicted molar refractivity (Wildman–Crippen MR) is 109 cm³/mol. The van der Waals surface area contributed by atoms with Crippen LogP contribution in [0.3, 0.4) is 0 Å². The summed E-state index contributed by atoms with van der Waals surface area (Å²) in [7, 11) is 0. The number of benzene rings is 1. The van der Waals surface area contributed by atoms with Crippen LogP contribution in [0.15, 0.2) is 23.2 Å². The lowest BCUT2D eigenvalue weighted by Gasteiger charge is -2.25. The normalized spacial score (nSPS) is 9.76. The molecule has 0 aliphatic heterocycles. The van der Waals surface area contributed by atoms with E-state index in [0.29, 0.717) is 11.4 Å². The highest BCUT2D eigenvalue weighted by Gasteiger charge is 2.21. The summed E-state index contributed by atoms with van der Waals surface area (Å²) in [4.78, 5) is 41.0. The van der Waals surface area contributed by atoms with E-state index in [-0.39, 0.29) is 45.3 Å². The lowest BCUT2D eigenvalue weighted by atomic mass is 10.2. The number of ether oxygens (including phenoxy) is 4. The van der Waals surface area contributed by atoms with Gasteiger partial charge >= 0.3 is 17.9 Å². The number of carbonyl (C=O) groups excluding carboxylic acids is 3. The molecular weight excluding hydrogens is 400 g/mol. The summed E-state index contributed by atoms with van der Waals surface area (Å²) in [6.07, 6.45) is 0. The first-order chi connectivity index (χ1) is 13.9. The Labute approximate surface area is 174 Å². The van der Waals surface area contributed by atoms with Crippen molar-refractivity contribution in [2.24, 2.45) is 4.99 Å². The van der Waals surface area contributed by atoms with Gasteiger partial charge in [-0.1, -0.05) is 0 Å². The van der Waals surface area contributed by atoms with Gasteiger partial charge in [0.05, 0.1) is 36.4 Å². The highest BCUT2D eigenvalue weighted by atomic mass is 32.1. The quantitative estimate of drug-likeness (QED) is 0.216. The summed E-state index contributed by atoms with van der Waals surface area (Å²) in [6, 6.07) is 4.71. The highest BCUT2D eigenvalue weighted by molar-refractivity contribution is 7.78. The van der Waals surface area contributed by atoms with Crippen molar-refractivity contribution < 1.29 is 33.3 Å². The Kier molecular flexibility index (Phi) is 11.0. The standard InChI is InChI=1S/C19H24N2O7S/c1-4-25-17(22)10-21(11-18(23)26-5-2)15-8-7-14(20-13-29)9-16(15)28-12-19(24)27-6-3/h7-9H,4-6,10-12H2,1-3H3. The Morgan fingerprint density at radius 2 is 1.52 bits per heavy atom. The molecular formula is C19H24N2O7S. The molecule has 0 fully saturated rings. The Morgan fingerprint density at radius 1 is 0.966 bits per heavy atom. The molecule has 0 unspecified atom stereocenters. The number of isothiocyanates is 1. The number of hydrogen-bond donors (Lipinski definition) is 0. The van der Waals surface area contributed by atoms with Crippen molar-refractivity contribution in [3.8, 4) is 5.75 Å². The largest absolute Gasteiger partial charge is 0.480 e.